The summed E-state index contributed by atoms with van der Waals surface area (Å²) in [5, 5.41) is 3.55. The number of aromatic nitrogens is 3. The molecule has 2 atom stereocenters. The van der Waals surface area contributed by atoms with Crippen LogP contribution in [0.4, 0.5) is 11.4 Å². The number of pyridine rings is 1. The third-order valence-electron chi connectivity index (χ3n) is 6.51. The van der Waals surface area contributed by atoms with Gasteiger partial charge < -0.3 is 19.9 Å². The highest BCUT2D eigenvalue weighted by molar-refractivity contribution is 8.05. The van der Waals surface area contributed by atoms with Gasteiger partial charge in [0, 0.05) is 68.2 Å². The molecule has 7 nitrogen and oxygen atoms in total. The van der Waals surface area contributed by atoms with Gasteiger partial charge in [-0.3, -0.25) is 4.79 Å². The molecule has 6 rings (SSSR count). The van der Waals surface area contributed by atoms with Gasteiger partial charge in [-0.15, -0.1) is 0 Å². The van der Waals surface area contributed by atoms with Crippen molar-refractivity contribution in [3.63, 3.8) is 0 Å². The van der Waals surface area contributed by atoms with Crippen molar-refractivity contribution in [3.05, 3.63) is 94.4 Å². The molecule has 37 heavy (non-hydrogen) atoms. The molecule has 1 fully saturated rings. The Morgan fingerprint density at radius 2 is 2.03 bits per heavy atom. The molecular weight excluding hydrogens is 502 g/mol. The van der Waals surface area contributed by atoms with Crippen LogP contribution in [0, 0.1) is 6.92 Å². The Kier molecular flexibility index (Phi) is 6.67. The highest BCUT2D eigenvalue weighted by Crippen LogP contribution is 2.52. The molecule has 2 aromatic heterocycles. The summed E-state index contributed by atoms with van der Waals surface area (Å²) in [6.45, 7) is 6.15. The highest BCUT2D eigenvalue weighted by atomic mass is 32.2. The fourth-order valence-corrected chi connectivity index (χ4v) is 7.11. The third-order valence-corrected chi connectivity index (χ3v) is 9.12. The molecule has 0 radical (unpaired) electrons. The van der Waals surface area contributed by atoms with Crippen molar-refractivity contribution in [3.8, 4) is 0 Å². The Labute approximate surface area is 224 Å². The van der Waals surface area contributed by atoms with Crippen molar-refractivity contribution < 1.29 is 4.74 Å². The Bertz CT molecular complexity index is 1510. The average Bonchev–Trinajstić information content (AvgIpc) is 2.91. The first kappa shape index (κ1) is 24.1. The topological polar surface area (TPSA) is 83.1 Å². The highest BCUT2D eigenvalue weighted by Gasteiger charge is 2.28. The molecule has 0 saturated carbocycles. The number of morpholine rings is 1. The number of hydrogen-bond acceptors (Lipinski definition) is 8. The van der Waals surface area contributed by atoms with Crippen molar-refractivity contribution in [2.45, 2.75) is 45.6 Å². The molecule has 2 unspecified atom stereocenters. The molecule has 9 heteroatoms. The van der Waals surface area contributed by atoms with Crippen LogP contribution in [0.5, 0.6) is 0 Å². The van der Waals surface area contributed by atoms with E-state index >= 15 is 0 Å². The zero-order valence-corrected chi connectivity index (χ0v) is 22.2. The summed E-state index contributed by atoms with van der Waals surface area (Å²) in [6, 6.07) is 18.5. The van der Waals surface area contributed by atoms with Crippen LogP contribution in [0.2, 0.25) is 0 Å². The molecule has 4 heterocycles. The number of aromatic amines is 1. The first-order valence-electron chi connectivity index (χ1n) is 12.3. The van der Waals surface area contributed by atoms with Crippen LogP contribution < -0.4 is 15.8 Å². The quantitative estimate of drug-likeness (QED) is 0.294. The van der Waals surface area contributed by atoms with Gasteiger partial charge in [0.2, 0.25) is 5.56 Å². The van der Waals surface area contributed by atoms with Gasteiger partial charge in [0.15, 0.2) is 0 Å². The van der Waals surface area contributed by atoms with E-state index in [-0.39, 0.29) is 17.7 Å². The van der Waals surface area contributed by atoms with Gasteiger partial charge in [0.25, 0.3) is 0 Å². The Morgan fingerprint density at radius 3 is 2.89 bits per heavy atom. The van der Waals surface area contributed by atoms with E-state index in [0.717, 1.165) is 29.4 Å². The summed E-state index contributed by atoms with van der Waals surface area (Å²) in [7, 11) is 0. The number of rotatable bonds is 5. The first-order chi connectivity index (χ1) is 18.0. The Morgan fingerprint density at radius 1 is 1.11 bits per heavy atom. The molecule has 4 aromatic rings. The number of nitrogens with zero attached hydrogens (tertiary/aromatic N) is 3. The predicted octanol–water partition coefficient (Wildman–Crippen LogP) is 5.84. The average molecular weight is 530 g/mol. The number of nitrogens with one attached hydrogen (secondary N) is 2. The molecule has 2 N–H and O–H groups in total. The van der Waals surface area contributed by atoms with E-state index in [1.807, 2.05) is 19.1 Å². The lowest BCUT2D eigenvalue weighted by molar-refractivity contribution is 0.0379. The Balaban J connectivity index is 1.22. The summed E-state index contributed by atoms with van der Waals surface area (Å²) in [5.41, 5.74) is 4.05. The van der Waals surface area contributed by atoms with Gasteiger partial charge in [-0.25, -0.2) is 9.97 Å². The van der Waals surface area contributed by atoms with E-state index in [0.29, 0.717) is 13.2 Å². The molecule has 188 valence electrons. The summed E-state index contributed by atoms with van der Waals surface area (Å²) in [5.74, 6) is 0.788. The van der Waals surface area contributed by atoms with Crippen LogP contribution in [-0.2, 0) is 4.74 Å². The first-order valence-corrected chi connectivity index (χ1v) is 13.9. The van der Waals surface area contributed by atoms with Crippen LogP contribution in [0.25, 0.3) is 0 Å². The summed E-state index contributed by atoms with van der Waals surface area (Å²) < 4.78 is 6.24. The normalized spacial score (nSPS) is 17.6. The number of anilines is 2. The van der Waals surface area contributed by atoms with Crippen molar-refractivity contribution in [1.82, 2.24) is 15.0 Å². The lowest BCUT2D eigenvalue weighted by atomic mass is 10.1. The minimum absolute atomic E-state index is 0.00433. The predicted molar refractivity (Wildman–Crippen MR) is 148 cm³/mol. The van der Waals surface area contributed by atoms with Gasteiger partial charge >= 0.3 is 0 Å². The van der Waals surface area contributed by atoms with Crippen molar-refractivity contribution in [2.24, 2.45) is 0 Å². The summed E-state index contributed by atoms with van der Waals surface area (Å²) in [4.78, 5) is 30.7. The van der Waals surface area contributed by atoms with Gasteiger partial charge in [-0.1, -0.05) is 35.7 Å². The zero-order chi connectivity index (χ0) is 25.4. The number of H-pyrrole nitrogens is 1. The zero-order valence-electron chi connectivity index (χ0n) is 20.6. The number of hydrogen-bond donors (Lipinski definition) is 2. The number of ether oxygens (including phenoxy) is 1. The molecule has 0 spiro atoms. The summed E-state index contributed by atoms with van der Waals surface area (Å²) >= 11 is 3.59. The fourth-order valence-electron chi connectivity index (χ4n) is 4.66. The van der Waals surface area contributed by atoms with E-state index in [2.05, 4.69) is 68.5 Å². The second-order valence-corrected chi connectivity index (χ2v) is 11.3. The monoisotopic (exact) mass is 529 g/mol. The van der Waals surface area contributed by atoms with Crippen LogP contribution >= 0.6 is 23.5 Å². The van der Waals surface area contributed by atoms with Gasteiger partial charge in [0.1, 0.15) is 11.9 Å². The molecule has 2 aliphatic heterocycles. The minimum atomic E-state index is -0.0872. The molecule has 2 aliphatic rings. The van der Waals surface area contributed by atoms with E-state index in [4.69, 9.17) is 4.74 Å². The van der Waals surface area contributed by atoms with Crippen molar-refractivity contribution >= 4 is 34.9 Å². The van der Waals surface area contributed by atoms with E-state index < -0.39 is 0 Å². The summed E-state index contributed by atoms with van der Waals surface area (Å²) in [6.07, 6.45) is 3.44. The van der Waals surface area contributed by atoms with E-state index in [9.17, 15) is 4.79 Å². The Hall–Kier alpha value is -3.27. The molecule has 2 aromatic carbocycles. The van der Waals surface area contributed by atoms with E-state index in [1.54, 1.807) is 42.0 Å². The lowest BCUT2D eigenvalue weighted by Crippen LogP contribution is -2.39. The second kappa shape index (κ2) is 10.2. The third kappa shape index (κ3) is 5.12. The van der Waals surface area contributed by atoms with Crippen molar-refractivity contribution in [1.29, 1.82) is 0 Å². The van der Waals surface area contributed by atoms with Crippen LogP contribution in [0.15, 0.2) is 91.4 Å². The maximum atomic E-state index is 11.8. The maximum Gasteiger partial charge on any atom is 0.249 e. The number of aryl methyl sites for hydroxylation is 1. The number of fused-ring (bicyclic) bond motifs is 2. The van der Waals surface area contributed by atoms with Gasteiger partial charge in [0.05, 0.1) is 12.6 Å². The van der Waals surface area contributed by atoms with Crippen molar-refractivity contribution in [2.75, 3.05) is 29.9 Å². The fraction of sp³-hybridized carbons (Fsp3) is 0.250. The molecule has 0 amide bonds. The molecule has 0 bridgehead atoms. The molecule has 1 saturated heterocycles. The lowest BCUT2D eigenvalue weighted by Gasteiger charge is -2.36. The standard InChI is InChI=1S/C28H27N5O2S2/c1-17-8-10-30-28(31-17)18(2)32-19-6-7-23-25(14-19)36-24-5-3-4-21(27(24)37-23)22-16-33(12-13-35-22)20-9-11-29-26(34)15-20/h3-11,14-15,18,22,32H,12-13,16H2,1-2H3,(H,29,34). The van der Waals surface area contributed by atoms with Gasteiger partial charge in [-0.2, -0.15) is 0 Å². The number of benzene rings is 2. The molecule has 0 aliphatic carbocycles. The molecular formula is C28H27N5O2S2. The maximum absolute atomic E-state index is 11.8. The van der Waals surface area contributed by atoms with E-state index in [1.165, 1.54) is 25.1 Å². The largest absolute Gasteiger partial charge is 0.375 e. The SMILES string of the molecule is Cc1ccnc(C(C)Nc2ccc3c(c2)Sc2cccc(C4CN(c5cc[nH]c(=O)c5)CCO4)c2S3)n1. The minimum Gasteiger partial charge on any atom is -0.375 e. The van der Waals surface area contributed by atoms with Gasteiger partial charge in [-0.05, 0) is 55.8 Å². The van der Waals surface area contributed by atoms with Crippen LogP contribution in [0.1, 0.15) is 36.2 Å². The van der Waals surface area contributed by atoms with Crippen LogP contribution in [0.3, 0.4) is 0 Å². The second-order valence-electron chi connectivity index (χ2n) is 9.18. The van der Waals surface area contributed by atoms with Crippen LogP contribution in [-0.4, -0.2) is 34.6 Å². The smallest absolute Gasteiger partial charge is 0.249 e.